The van der Waals surface area contributed by atoms with E-state index in [0.29, 0.717) is 16.8 Å². The summed E-state index contributed by atoms with van der Waals surface area (Å²) in [6.07, 6.45) is 1.38. The van der Waals surface area contributed by atoms with Gasteiger partial charge in [-0.3, -0.25) is 4.79 Å². The maximum Gasteiger partial charge on any atom is 0.271 e. The Morgan fingerprint density at radius 2 is 1.66 bits per heavy atom. The molecule has 146 valence electrons. The zero-order chi connectivity index (χ0) is 20.6. The van der Waals surface area contributed by atoms with Gasteiger partial charge in [0.2, 0.25) is 0 Å². The molecular weight excluding hydrogens is 366 g/mol. The summed E-state index contributed by atoms with van der Waals surface area (Å²) in [7, 11) is 3.94. The number of azo groups is 1. The Labute approximate surface area is 169 Å². The molecule has 0 spiro atoms. The molecule has 0 saturated carbocycles. The highest BCUT2D eigenvalue weighted by Gasteiger charge is 2.05. The minimum Gasteiger partial charge on any atom is -0.507 e. The maximum atomic E-state index is 12.3. The lowest BCUT2D eigenvalue weighted by Crippen LogP contribution is -2.17. The van der Waals surface area contributed by atoms with E-state index in [1.165, 1.54) is 6.21 Å². The van der Waals surface area contributed by atoms with Crippen molar-refractivity contribution in [1.82, 2.24) is 5.43 Å². The fourth-order valence-corrected chi connectivity index (χ4v) is 2.46. The third-order valence-electron chi connectivity index (χ3n) is 4.06. The van der Waals surface area contributed by atoms with Crippen LogP contribution in [0.25, 0.3) is 0 Å². The van der Waals surface area contributed by atoms with Gasteiger partial charge in [-0.05, 0) is 54.6 Å². The highest BCUT2D eigenvalue weighted by atomic mass is 16.3. The normalized spacial score (nSPS) is 11.1. The molecule has 7 nitrogen and oxygen atoms in total. The lowest BCUT2D eigenvalue weighted by Gasteiger charge is -2.11. The Kier molecular flexibility index (Phi) is 6.32. The highest BCUT2D eigenvalue weighted by Crippen LogP contribution is 2.22. The second-order valence-corrected chi connectivity index (χ2v) is 6.42. The molecular formula is C22H21N5O2. The molecule has 0 atom stereocenters. The van der Waals surface area contributed by atoms with Crippen molar-refractivity contribution in [3.8, 4) is 5.75 Å². The molecule has 0 unspecified atom stereocenters. The van der Waals surface area contributed by atoms with Gasteiger partial charge in [-0.25, -0.2) is 5.43 Å². The van der Waals surface area contributed by atoms with Gasteiger partial charge in [-0.2, -0.15) is 15.3 Å². The predicted molar refractivity (Wildman–Crippen MR) is 115 cm³/mol. The molecule has 0 bridgehead atoms. The SMILES string of the molecule is CN(C)c1ccc(N=Nc2cccc(C(=O)N/N=C/c3ccccc3O)c2)cc1. The standard InChI is InChI=1S/C22H21N5O2/c1-27(2)20-12-10-18(11-13-20)24-25-19-8-5-7-16(14-19)22(29)26-23-15-17-6-3-4-9-21(17)28/h3-15,28H,1-2H3,(H,26,29)/b23-15+,25-24?. The van der Waals surface area contributed by atoms with Gasteiger partial charge in [0.05, 0.1) is 17.6 Å². The molecule has 0 saturated heterocycles. The van der Waals surface area contributed by atoms with E-state index >= 15 is 0 Å². The van der Waals surface area contributed by atoms with Gasteiger partial charge in [0, 0.05) is 30.9 Å². The first-order valence-electron chi connectivity index (χ1n) is 8.93. The van der Waals surface area contributed by atoms with Crippen LogP contribution in [0.2, 0.25) is 0 Å². The Hall–Kier alpha value is -4.00. The summed E-state index contributed by atoms with van der Waals surface area (Å²) in [5.41, 5.74) is 5.70. The number of nitrogens with zero attached hydrogens (tertiary/aromatic N) is 4. The van der Waals surface area contributed by atoms with Crippen LogP contribution in [-0.4, -0.2) is 31.3 Å². The van der Waals surface area contributed by atoms with E-state index in [9.17, 15) is 9.90 Å². The lowest BCUT2D eigenvalue weighted by atomic mass is 10.2. The first-order chi connectivity index (χ1) is 14.0. The molecule has 0 fully saturated rings. The van der Waals surface area contributed by atoms with Crippen molar-refractivity contribution in [2.45, 2.75) is 0 Å². The van der Waals surface area contributed by atoms with Crippen molar-refractivity contribution in [2.24, 2.45) is 15.3 Å². The van der Waals surface area contributed by atoms with Gasteiger partial charge >= 0.3 is 0 Å². The number of nitrogens with one attached hydrogen (secondary N) is 1. The monoisotopic (exact) mass is 387 g/mol. The molecule has 29 heavy (non-hydrogen) atoms. The number of phenols is 1. The van der Waals surface area contributed by atoms with Crippen molar-refractivity contribution >= 4 is 29.2 Å². The molecule has 3 aromatic rings. The highest BCUT2D eigenvalue weighted by molar-refractivity contribution is 5.95. The van der Waals surface area contributed by atoms with E-state index in [-0.39, 0.29) is 11.7 Å². The van der Waals surface area contributed by atoms with Crippen LogP contribution in [-0.2, 0) is 0 Å². The molecule has 0 aliphatic carbocycles. The smallest absolute Gasteiger partial charge is 0.271 e. The van der Waals surface area contributed by atoms with E-state index in [1.54, 1.807) is 48.5 Å². The first-order valence-corrected chi connectivity index (χ1v) is 8.93. The van der Waals surface area contributed by atoms with Crippen LogP contribution in [0.15, 0.2) is 88.1 Å². The largest absolute Gasteiger partial charge is 0.507 e. The summed E-state index contributed by atoms with van der Waals surface area (Å²) in [6, 6.07) is 21.2. The summed E-state index contributed by atoms with van der Waals surface area (Å²) in [6.45, 7) is 0. The summed E-state index contributed by atoms with van der Waals surface area (Å²) in [5.74, 6) is -0.296. The van der Waals surface area contributed by atoms with Crippen LogP contribution < -0.4 is 10.3 Å². The Bertz CT molecular complexity index is 1040. The van der Waals surface area contributed by atoms with Crippen molar-refractivity contribution in [2.75, 3.05) is 19.0 Å². The number of benzene rings is 3. The number of hydrogen-bond acceptors (Lipinski definition) is 6. The lowest BCUT2D eigenvalue weighted by molar-refractivity contribution is 0.0955. The zero-order valence-electron chi connectivity index (χ0n) is 16.1. The number of amides is 1. The van der Waals surface area contributed by atoms with Crippen molar-refractivity contribution in [3.63, 3.8) is 0 Å². The van der Waals surface area contributed by atoms with Gasteiger partial charge in [-0.15, -0.1) is 0 Å². The summed E-state index contributed by atoms with van der Waals surface area (Å²) < 4.78 is 0. The van der Waals surface area contributed by atoms with Gasteiger partial charge in [0.15, 0.2) is 0 Å². The van der Waals surface area contributed by atoms with Crippen LogP contribution in [0.1, 0.15) is 15.9 Å². The van der Waals surface area contributed by atoms with E-state index in [0.717, 1.165) is 11.4 Å². The molecule has 3 aromatic carbocycles. The summed E-state index contributed by atoms with van der Waals surface area (Å²) in [4.78, 5) is 14.3. The van der Waals surface area contributed by atoms with Crippen molar-refractivity contribution in [3.05, 3.63) is 83.9 Å². The van der Waals surface area contributed by atoms with E-state index in [2.05, 4.69) is 20.8 Å². The predicted octanol–water partition coefficient (Wildman–Crippen LogP) is 4.64. The minimum atomic E-state index is -0.385. The number of aromatic hydroxyl groups is 1. The number of hydrogen-bond donors (Lipinski definition) is 2. The van der Waals surface area contributed by atoms with Crippen LogP contribution in [0.4, 0.5) is 17.1 Å². The van der Waals surface area contributed by atoms with Crippen molar-refractivity contribution < 1.29 is 9.90 Å². The molecule has 0 radical (unpaired) electrons. The number of hydrazone groups is 1. The van der Waals surface area contributed by atoms with Gasteiger partial charge in [0.25, 0.3) is 5.91 Å². The van der Waals surface area contributed by atoms with Crippen molar-refractivity contribution in [1.29, 1.82) is 0 Å². The zero-order valence-corrected chi connectivity index (χ0v) is 16.1. The van der Waals surface area contributed by atoms with E-state index < -0.39 is 0 Å². The number of phenolic OH excluding ortho intramolecular Hbond substituents is 1. The molecule has 0 aromatic heterocycles. The molecule has 0 aliphatic rings. The average molecular weight is 387 g/mol. The van der Waals surface area contributed by atoms with E-state index in [1.807, 2.05) is 43.3 Å². The third kappa shape index (κ3) is 5.49. The summed E-state index contributed by atoms with van der Waals surface area (Å²) >= 11 is 0. The van der Waals surface area contributed by atoms with Gasteiger partial charge in [0.1, 0.15) is 5.75 Å². The second-order valence-electron chi connectivity index (χ2n) is 6.42. The number of carbonyl (C=O) groups is 1. The Morgan fingerprint density at radius 1 is 0.931 bits per heavy atom. The average Bonchev–Trinajstić information content (AvgIpc) is 2.74. The summed E-state index contributed by atoms with van der Waals surface area (Å²) in [5, 5.41) is 22.0. The minimum absolute atomic E-state index is 0.0894. The quantitative estimate of drug-likeness (QED) is 0.367. The maximum absolute atomic E-state index is 12.3. The number of rotatable bonds is 6. The number of carbonyl (C=O) groups excluding carboxylic acids is 1. The number of para-hydroxylation sites is 1. The van der Waals surface area contributed by atoms with Crippen LogP contribution in [0.5, 0.6) is 5.75 Å². The fraction of sp³-hybridized carbons (Fsp3) is 0.0909. The van der Waals surface area contributed by atoms with Crippen LogP contribution >= 0.6 is 0 Å². The Morgan fingerprint density at radius 3 is 2.38 bits per heavy atom. The van der Waals surface area contributed by atoms with Gasteiger partial charge in [-0.1, -0.05) is 18.2 Å². The number of anilines is 1. The van der Waals surface area contributed by atoms with Gasteiger partial charge < -0.3 is 10.0 Å². The first kappa shape index (κ1) is 19.8. The molecule has 1 amide bonds. The molecule has 2 N–H and O–H groups in total. The van der Waals surface area contributed by atoms with Crippen LogP contribution in [0, 0.1) is 0 Å². The molecule has 7 heteroatoms. The second kappa shape index (κ2) is 9.27. The third-order valence-corrected chi connectivity index (χ3v) is 4.06. The van der Waals surface area contributed by atoms with E-state index in [4.69, 9.17) is 0 Å². The van der Waals surface area contributed by atoms with Crippen LogP contribution in [0.3, 0.4) is 0 Å². The fourth-order valence-electron chi connectivity index (χ4n) is 2.46. The topological polar surface area (TPSA) is 89.7 Å². The molecule has 0 aliphatic heterocycles. The Balaban J connectivity index is 1.65. The molecule has 3 rings (SSSR count). The molecule has 0 heterocycles.